The molecule has 20 heavy (non-hydrogen) atoms. The van der Waals surface area contributed by atoms with Crippen LogP contribution in [-0.4, -0.2) is 5.92 Å². The normalized spacial score (nSPS) is 21.2. The van der Waals surface area contributed by atoms with Gasteiger partial charge in [0.15, 0.2) is 0 Å². The van der Waals surface area contributed by atoms with Crippen molar-refractivity contribution in [3.05, 3.63) is 35.0 Å². The van der Waals surface area contributed by atoms with Crippen molar-refractivity contribution in [2.75, 3.05) is 0 Å². The van der Waals surface area contributed by atoms with Crippen molar-refractivity contribution in [2.45, 2.75) is 37.6 Å². The summed E-state index contributed by atoms with van der Waals surface area (Å²) < 4.78 is 32.1. The van der Waals surface area contributed by atoms with Crippen molar-refractivity contribution in [2.24, 2.45) is 11.7 Å². The molecule has 0 bridgehead atoms. The van der Waals surface area contributed by atoms with Gasteiger partial charge in [-0.15, -0.1) is 0 Å². The largest absolute Gasteiger partial charge is 0.459 e. The van der Waals surface area contributed by atoms with Crippen LogP contribution in [0.3, 0.4) is 0 Å². The molecule has 1 atom stereocenters. The highest BCUT2D eigenvalue weighted by Crippen LogP contribution is 2.41. The zero-order valence-electron chi connectivity index (χ0n) is 10.9. The predicted octanol–water partition coefficient (Wildman–Crippen LogP) is 4.91. The lowest BCUT2D eigenvalue weighted by Crippen LogP contribution is -2.30. The maximum Gasteiger partial charge on any atom is 0.248 e. The Morgan fingerprint density at radius 1 is 1.25 bits per heavy atom. The molecule has 1 heterocycles. The highest BCUT2D eigenvalue weighted by molar-refractivity contribution is 6.31. The number of hydrogen-bond acceptors (Lipinski definition) is 2. The molecule has 1 saturated carbocycles. The first-order valence-corrected chi connectivity index (χ1v) is 7.15. The molecule has 0 saturated heterocycles. The van der Waals surface area contributed by atoms with Gasteiger partial charge in [-0.2, -0.15) is 0 Å². The topological polar surface area (TPSA) is 39.2 Å². The molecule has 108 valence electrons. The van der Waals surface area contributed by atoms with Crippen molar-refractivity contribution >= 4 is 22.6 Å². The van der Waals surface area contributed by atoms with Gasteiger partial charge in [0.2, 0.25) is 5.92 Å². The number of furan rings is 1. The molecule has 1 aliphatic carbocycles. The second-order valence-corrected chi connectivity index (χ2v) is 5.99. The van der Waals surface area contributed by atoms with E-state index in [1.54, 1.807) is 12.1 Å². The van der Waals surface area contributed by atoms with Crippen LogP contribution >= 0.6 is 11.6 Å². The summed E-state index contributed by atoms with van der Waals surface area (Å²) in [5.41, 5.74) is 6.91. The summed E-state index contributed by atoms with van der Waals surface area (Å²) in [5.74, 6) is -1.83. The van der Waals surface area contributed by atoms with E-state index in [1.807, 2.05) is 12.1 Å². The van der Waals surface area contributed by atoms with Crippen LogP contribution < -0.4 is 5.73 Å². The summed E-state index contributed by atoms with van der Waals surface area (Å²) in [7, 11) is 0. The Hall–Kier alpha value is -1.13. The van der Waals surface area contributed by atoms with Crippen molar-refractivity contribution < 1.29 is 13.2 Å². The van der Waals surface area contributed by atoms with Gasteiger partial charge in [-0.25, -0.2) is 8.78 Å². The Morgan fingerprint density at radius 3 is 2.65 bits per heavy atom. The van der Waals surface area contributed by atoms with Gasteiger partial charge < -0.3 is 10.2 Å². The number of halogens is 3. The Bertz CT molecular complexity index is 615. The van der Waals surface area contributed by atoms with Gasteiger partial charge in [-0.1, -0.05) is 11.6 Å². The third-order valence-electron chi connectivity index (χ3n) is 4.10. The number of benzene rings is 1. The van der Waals surface area contributed by atoms with Gasteiger partial charge in [0.1, 0.15) is 11.3 Å². The summed E-state index contributed by atoms with van der Waals surface area (Å²) >= 11 is 5.93. The number of hydrogen-bond donors (Lipinski definition) is 1. The van der Waals surface area contributed by atoms with Crippen LogP contribution in [0.25, 0.3) is 11.0 Å². The summed E-state index contributed by atoms with van der Waals surface area (Å²) in [5, 5.41) is 1.53. The average Bonchev–Trinajstić information content (AvgIpc) is 2.80. The summed E-state index contributed by atoms with van der Waals surface area (Å²) in [6.45, 7) is 0. The Balaban J connectivity index is 1.80. The maximum atomic E-state index is 13.2. The van der Waals surface area contributed by atoms with Crippen molar-refractivity contribution in [3.8, 4) is 0 Å². The van der Waals surface area contributed by atoms with E-state index in [9.17, 15) is 8.78 Å². The van der Waals surface area contributed by atoms with E-state index in [2.05, 4.69) is 0 Å². The van der Waals surface area contributed by atoms with Crippen LogP contribution in [0.2, 0.25) is 5.02 Å². The van der Waals surface area contributed by atoms with E-state index in [1.165, 1.54) is 0 Å². The van der Waals surface area contributed by atoms with Gasteiger partial charge >= 0.3 is 0 Å². The second-order valence-electron chi connectivity index (χ2n) is 5.55. The van der Waals surface area contributed by atoms with E-state index in [-0.39, 0.29) is 24.8 Å². The van der Waals surface area contributed by atoms with E-state index >= 15 is 0 Å². The van der Waals surface area contributed by atoms with Crippen LogP contribution in [0.5, 0.6) is 0 Å². The highest BCUT2D eigenvalue weighted by Gasteiger charge is 2.37. The van der Waals surface area contributed by atoms with Gasteiger partial charge in [0, 0.05) is 23.3 Å². The Labute approximate surface area is 120 Å². The fourth-order valence-corrected chi connectivity index (χ4v) is 3.03. The smallest absolute Gasteiger partial charge is 0.248 e. The molecule has 1 aliphatic rings. The molecular formula is C15H16ClF2NO. The zero-order chi connectivity index (χ0) is 14.3. The molecule has 2 nitrogen and oxygen atoms in total. The summed E-state index contributed by atoms with van der Waals surface area (Å²) in [6, 6.07) is 6.88. The highest BCUT2D eigenvalue weighted by atomic mass is 35.5. The molecule has 0 aliphatic heterocycles. The summed E-state index contributed by atoms with van der Waals surface area (Å²) in [4.78, 5) is 0. The monoisotopic (exact) mass is 299 g/mol. The van der Waals surface area contributed by atoms with Crippen molar-refractivity contribution in [1.82, 2.24) is 0 Å². The lowest BCUT2D eigenvalue weighted by Gasteiger charge is -2.31. The predicted molar refractivity (Wildman–Crippen MR) is 75.1 cm³/mol. The number of alkyl halides is 2. The number of rotatable bonds is 2. The molecule has 0 spiro atoms. The third-order valence-corrected chi connectivity index (χ3v) is 4.33. The first kappa shape index (κ1) is 13.8. The van der Waals surface area contributed by atoms with Crippen LogP contribution in [0.15, 0.2) is 28.7 Å². The number of fused-ring (bicyclic) bond motifs is 1. The zero-order valence-corrected chi connectivity index (χ0v) is 11.7. The lowest BCUT2D eigenvalue weighted by molar-refractivity contribution is -0.0489. The van der Waals surface area contributed by atoms with Gasteiger partial charge in [0.25, 0.3) is 0 Å². The third kappa shape index (κ3) is 2.67. The minimum Gasteiger partial charge on any atom is -0.459 e. The van der Waals surface area contributed by atoms with Crippen molar-refractivity contribution in [1.29, 1.82) is 0 Å². The maximum absolute atomic E-state index is 13.2. The van der Waals surface area contributed by atoms with E-state index < -0.39 is 5.92 Å². The first-order valence-electron chi connectivity index (χ1n) is 6.77. The molecule has 3 rings (SSSR count). The fourth-order valence-electron chi connectivity index (χ4n) is 2.85. The van der Waals surface area contributed by atoms with Crippen LogP contribution in [-0.2, 0) is 0 Å². The van der Waals surface area contributed by atoms with Crippen LogP contribution in [0, 0.1) is 5.92 Å². The quantitative estimate of drug-likeness (QED) is 0.855. The lowest BCUT2D eigenvalue weighted by atomic mass is 9.81. The molecular weight excluding hydrogens is 284 g/mol. The molecule has 0 amide bonds. The number of nitrogens with two attached hydrogens (primary N) is 1. The van der Waals surface area contributed by atoms with Crippen LogP contribution in [0.4, 0.5) is 8.78 Å². The molecule has 2 aromatic rings. The van der Waals surface area contributed by atoms with E-state index in [4.69, 9.17) is 21.8 Å². The van der Waals surface area contributed by atoms with E-state index in [0.717, 1.165) is 11.0 Å². The molecule has 1 aromatic heterocycles. The minimum absolute atomic E-state index is 0.0469. The van der Waals surface area contributed by atoms with Crippen LogP contribution in [0.1, 0.15) is 37.5 Å². The average molecular weight is 300 g/mol. The second kappa shape index (κ2) is 5.01. The van der Waals surface area contributed by atoms with Gasteiger partial charge in [0.05, 0.1) is 6.04 Å². The summed E-state index contributed by atoms with van der Waals surface area (Å²) in [6.07, 6.45) is 0.701. The van der Waals surface area contributed by atoms with Crippen molar-refractivity contribution in [3.63, 3.8) is 0 Å². The fraction of sp³-hybridized carbons (Fsp3) is 0.467. The molecule has 1 fully saturated rings. The minimum atomic E-state index is -2.53. The first-order chi connectivity index (χ1) is 9.44. The molecule has 1 unspecified atom stereocenters. The Morgan fingerprint density at radius 2 is 1.95 bits per heavy atom. The molecule has 1 aromatic carbocycles. The molecule has 5 heteroatoms. The molecule has 0 radical (unpaired) electrons. The SMILES string of the molecule is NC(c1cc2cc(Cl)ccc2o1)C1CCC(F)(F)CC1. The van der Waals surface area contributed by atoms with Gasteiger partial charge in [-0.3, -0.25) is 0 Å². The standard InChI is InChI=1S/C15H16ClF2NO/c16-11-1-2-12-10(7-11)8-13(20-12)14(19)9-3-5-15(17,18)6-4-9/h1-2,7-9,14H,3-6,19H2. The molecule has 2 N–H and O–H groups in total. The van der Waals surface area contributed by atoms with E-state index in [0.29, 0.717) is 23.6 Å². The Kier molecular flexibility index (Phi) is 3.46. The van der Waals surface area contributed by atoms with Gasteiger partial charge in [-0.05, 0) is 43.0 Å².